The van der Waals surface area contributed by atoms with Crippen LogP contribution in [0.1, 0.15) is 19.4 Å². The normalized spacial score (nSPS) is 10.9. The van der Waals surface area contributed by atoms with Crippen molar-refractivity contribution in [2.75, 3.05) is 11.9 Å². The molecule has 104 valence electrons. The van der Waals surface area contributed by atoms with Gasteiger partial charge in [-0.15, -0.1) is 0 Å². The zero-order valence-corrected chi connectivity index (χ0v) is 11.3. The Morgan fingerprint density at radius 3 is 2.42 bits per heavy atom. The van der Waals surface area contributed by atoms with Gasteiger partial charge in [0.15, 0.2) is 0 Å². The van der Waals surface area contributed by atoms with Gasteiger partial charge in [0.1, 0.15) is 0 Å². The van der Waals surface area contributed by atoms with E-state index in [0.29, 0.717) is 5.69 Å². The molecule has 0 radical (unpaired) electrons. The van der Waals surface area contributed by atoms with E-state index in [9.17, 15) is 14.7 Å². The molecule has 4 N–H and O–H groups in total. The number of nitrogens with one attached hydrogen (secondary N) is 1. The molecule has 0 saturated carbocycles. The zero-order chi connectivity index (χ0) is 14.6. The van der Waals surface area contributed by atoms with Gasteiger partial charge in [0.25, 0.3) is 0 Å². The van der Waals surface area contributed by atoms with E-state index in [1.807, 2.05) is 19.1 Å². The zero-order valence-electron chi connectivity index (χ0n) is 11.3. The topological polar surface area (TPSA) is 95.7 Å². The molecule has 6 nitrogen and oxygen atoms in total. The third-order valence-corrected chi connectivity index (χ3v) is 2.44. The van der Waals surface area contributed by atoms with Crippen LogP contribution in [0, 0.1) is 6.92 Å². The minimum absolute atomic E-state index is 0.181. The number of aliphatic hydroxyl groups is 1. The minimum atomic E-state index is -1.21. The second-order valence-electron chi connectivity index (χ2n) is 4.98. The molecule has 0 aliphatic carbocycles. The lowest BCUT2D eigenvalue weighted by atomic mass is 10.1. The van der Waals surface area contributed by atoms with Gasteiger partial charge < -0.3 is 16.2 Å². The molecular formula is C13H19N3O3. The van der Waals surface area contributed by atoms with Gasteiger partial charge in [-0.1, -0.05) is 18.2 Å². The van der Waals surface area contributed by atoms with Gasteiger partial charge >= 0.3 is 12.1 Å². The Hall–Kier alpha value is -2.08. The number of aryl methyl sites for hydroxylation is 1. The third-order valence-electron chi connectivity index (χ3n) is 2.44. The number of hydrogen-bond donors (Lipinski definition) is 3. The largest absolute Gasteiger partial charge is 0.389 e. The van der Waals surface area contributed by atoms with Crippen LogP contribution >= 0.6 is 0 Å². The molecule has 0 fully saturated rings. The Balaban J connectivity index is 2.84. The Morgan fingerprint density at radius 1 is 1.37 bits per heavy atom. The molecule has 0 aromatic heterocycles. The standard InChI is InChI=1S/C13H19N3O3/c1-9-6-4-5-7-10(9)15-12(18)16(11(14)17)8-13(2,3)19/h4-7,19H,8H2,1-3H3,(H2,14,17)(H,15,18). The van der Waals surface area contributed by atoms with Crippen molar-refractivity contribution in [2.24, 2.45) is 5.73 Å². The van der Waals surface area contributed by atoms with Crippen LogP contribution in [-0.4, -0.2) is 34.2 Å². The summed E-state index contributed by atoms with van der Waals surface area (Å²) in [6, 6.07) is 5.59. The highest BCUT2D eigenvalue weighted by Crippen LogP contribution is 2.14. The number of anilines is 1. The maximum atomic E-state index is 12.0. The smallest absolute Gasteiger partial charge is 0.330 e. The third kappa shape index (κ3) is 4.59. The van der Waals surface area contributed by atoms with Gasteiger partial charge in [0, 0.05) is 5.69 Å². The predicted molar refractivity (Wildman–Crippen MR) is 72.8 cm³/mol. The molecule has 0 heterocycles. The highest BCUT2D eigenvalue weighted by Gasteiger charge is 2.26. The van der Waals surface area contributed by atoms with Crippen LogP contribution in [0.3, 0.4) is 0 Å². The molecule has 0 unspecified atom stereocenters. The molecule has 0 saturated heterocycles. The number of imide groups is 1. The van der Waals surface area contributed by atoms with E-state index in [-0.39, 0.29) is 6.54 Å². The number of carbonyl (C=O) groups is 2. The predicted octanol–water partition coefficient (Wildman–Crippen LogP) is 1.68. The summed E-state index contributed by atoms with van der Waals surface area (Å²) >= 11 is 0. The number of nitrogens with zero attached hydrogens (tertiary/aromatic N) is 1. The molecule has 0 spiro atoms. The lowest BCUT2D eigenvalue weighted by molar-refractivity contribution is 0.0573. The van der Waals surface area contributed by atoms with E-state index in [2.05, 4.69) is 5.32 Å². The lowest BCUT2D eigenvalue weighted by Crippen LogP contribution is -2.49. The van der Waals surface area contributed by atoms with Crippen LogP contribution in [-0.2, 0) is 0 Å². The molecule has 0 aliphatic heterocycles. The Bertz CT molecular complexity index is 480. The summed E-state index contributed by atoms with van der Waals surface area (Å²) < 4.78 is 0. The molecule has 1 aromatic rings. The first kappa shape index (κ1) is 15.0. The van der Waals surface area contributed by atoms with Crippen molar-refractivity contribution in [2.45, 2.75) is 26.4 Å². The van der Waals surface area contributed by atoms with Crippen LogP contribution in [0.15, 0.2) is 24.3 Å². The highest BCUT2D eigenvalue weighted by molar-refractivity contribution is 6.00. The number of urea groups is 2. The number of carbonyl (C=O) groups excluding carboxylic acids is 2. The lowest BCUT2D eigenvalue weighted by Gasteiger charge is -2.26. The van der Waals surface area contributed by atoms with Crippen LogP contribution in [0.5, 0.6) is 0 Å². The summed E-state index contributed by atoms with van der Waals surface area (Å²) in [7, 11) is 0. The number of hydrogen-bond acceptors (Lipinski definition) is 3. The van der Waals surface area contributed by atoms with Gasteiger partial charge in [-0.3, -0.25) is 0 Å². The molecule has 0 aliphatic rings. The maximum Gasteiger partial charge on any atom is 0.330 e. The van der Waals surface area contributed by atoms with Gasteiger partial charge in [0.2, 0.25) is 0 Å². The van der Waals surface area contributed by atoms with E-state index in [4.69, 9.17) is 5.73 Å². The van der Waals surface area contributed by atoms with Crippen molar-refractivity contribution in [3.63, 3.8) is 0 Å². The summed E-state index contributed by atoms with van der Waals surface area (Å²) in [5.74, 6) is 0. The van der Waals surface area contributed by atoms with Crippen LogP contribution in [0.4, 0.5) is 15.3 Å². The summed E-state index contributed by atoms with van der Waals surface area (Å²) in [6.45, 7) is 4.63. The monoisotopic (exact) mass is 265 g/mol. The van der Waals surface area contributed by atoms with Crippen molar-refractivity contribution in [1.82, 2.24) is 4.90 Å². The number of rotatable bonds is 3. The first-order chi connectivity index (χ1) is 8.70. The maximum absolute atomic E-state index is 12.0. The molecular weight excluding hydrogens is 246 g/mol. The summed E-state index contributed by atoms with van der Waals surface area (Å²) in [5, 5.41) is 12.3. The second-order valence-corrected chi connectivity index (χ2v) is 4.98. The van der Waals surface area contributed by atoms with Crippen molar-refractivity contribution in [1.29, 1.82) is 0 Å². The van der Waals surface area contributed by atoms with Crippen LogP contribution in [0.25, 0.3) is 0 Å². The quantitative estimate of drug-likeness (QED) is 0.775. The Morgan fingerprint density at radius 2 is 1.95 bits per heavy atom. The van der Waals surface area contributed by atoms with E-state index >= 15 is 0 Å². The SMILES string of the molecule is Cc1ccccc1NC(=O)N(CC(C)(C)O)C(N)=O. The molecule has 6 heteroatoms. The van der Waals surface area contributed by atoms with E-state index in [1.165, 1.54) is 13.8 Å². The fourth-order valence-corrected chi connectivity index (χ4v) is 1.53. The summed E-state index contributed by atoms with van der Waals surface area (Å²) in [4.78, 5) is 24.0. The van der Waals surface area contributed by atoms with Crippen LogP contribution in [0.2, 0.25) is 0 Å². The number of benzene rings is 1. The minimum Gasteiger partial charge on any atom is -0.389 e. The number of nitrogens with two attached hydrogens (primary N) is 1. The first-order valence-corrected chi connectivity index (χ1v) is 5.86. The van der Waals surface area contributed by atoms with Gasteiger partial charge in [-0.05, 0) is 32.4 Å². The first-order valence-electron chi connectivity index (χ1n) is 5.86. The van der Waals surface area contributed by atoms with Crippen LogP contribution < -0.4 is 11.1 Å². The Labute approximate surface area is 112 Å². The molecule has 0 atom stereocenters. The van der Waals surface area contributed by atoms with E-state index in [0.717, 1.165) is 10.5 Å². The number of para-hydroxylation sites is 1. The van der Waals surface area contributed by atoms with E-state index < -0.39 is 17.7 Å². The Kier molecular flexibility index (Phi) is 4.50. The van der Waals surface area contributed by atoms with Crippen molar-refractivity contribution in [3.05, 3.63) is 29.8 Å². The van der Waals surface area contributed by atoms with E-state index in [1.54, 1.807) is 12.1 Å². The second kappa shape index (κ2) is 5.71. The average molecular weight is 265 g/mol. The van der Waals surface area contributed by atoms with Gasteiger partial charge in [-0.2, -0.15) is 0 Å². The number of primary amides is 1. The number of amides is 4. The van der Waals surface area contributed by atoms with Gasteiger partial charge in [0.05, 0.1) is 12.1 Å². The van der Waals surface area contributed by atoms with Crippen molar-refractivity contribution in [3.8, 4) is 0 Å². The van der Waals surface area contributed by atoms with Crippen molar-refractivity contribution < 1.29 is 14.7 Å². The highest BCUT2D eigenvalue weighted by atomic mass is 16.3. The van der Waals surface area contributed by atoms with Crippen molar-refractivity contribution >= 4 is 17.7 Å². The molecule has 19 heavy (non-hydrogen) atoms. The fraction of sp³-hybridized carbons (Fsp3) is 0.385. The average Bonchev–Trinajstić information content (AvgIpc) is 2.27. The molecule has 0 bridgehead atoms. The molecule has 1 rings (SSSR count). The summed E-state index contributed by atoms with van der Waals surface area (Å²) in [6.07, 6.45) is 0. The molecule has 1 aromatic carbocycles. The molecule has 4 amide bonds. The fourth-order valence-electron chi connectivity index (χ4n) is 1.53. The van der Waals surface area contributed by atoms with Gasteiger partial charge in [-0.25, -0.2) is 14.5 Å². The summed E-state index contributed by atoms with van der Waals surface area (Å²) in [5.41, 5.74) is 5.40.